The Morgan fingerprint density at radius 3 is 2.24 bits per heavy atom. The largest absolute Gasteiger partial charge is 0.481 e. The normalized spacial score (nSPS) is 24.3. The number of likely N-dealkylation sites (N-methyl/N-ethyl adjacent to an activating group) is 1. The number of hydrogen-bond donors (Lipinski definition) is 1. The SMILES string of the molecule is CN(C)CCN1CCN(CC2(C(=O)O)CCOCC2)CC1. The van der Waals surface area contributed by atoms with Gasteiger partial charge < -0.3 is 14.7 Å². The van der Waals surface area contributed by atoms with E-state index in [1.54, 1.807) is 0 Å². The first-order valence-electron chi connectivity index (χ1n) is 7.92. The number of piperazine rings is 1. The first-order chi connectivity index (χ1) is 10.0. The van der Waals surface area contributed by atoms with Crippen molar-refractivity contribution in [2.24, 2.45) is 5.41 Å². The van der Waals surface area contributed by atoms with Gasteiger partial charge in [-0.2, -0.15) is 0 Å². The van der Waals surface area contributed by atoms with Crippen LogP contribution in [0, 0.1) is 5.41 Å². The number of nitrogens with zero attached hydrogens (tertiary/aromatic N) is 3. The molecule has 0 aromatic carbocycles. The van der Waals surface area contributed by atoms with Crippen molar-refractivity contribution < 1.29 is 14.6 Å². The molecule has 0 atom stereocenters. The van der Waals surface area contributed by atoms with E-state index in [2.05, 4.69) is 28.8 Å². The summed E-state index contributed by atoms with van der Waals surface area (Å²) < 4.78 is 5.34. The zero-order valence-corrected chi connectivity index (χ0v) is 13.4. The Hall–Kier alpha value is -0.690. The lowest BCUT2D eigenvalue weighted by molar-refractivity contribution is -0.157. The van der Waals surface area contributed by atoms with Crippen LogP contribution >= 0.6 is 0 Å². The fourth-order valence-corrected chi connectivity index (χ4v) is 3.14. The van der Waals surface area contributed by atoms with Gasteiger partial charge in [0.05, 0.1) is 5.41 Å². The van der Waals surface area contributed by atoms with Crippen LogP contribution in [0.4, 0.5) is 0 Å². The summed E-state index contributed by atoms with van der Waals surface area (Å²) in [6.07, 6.45) is 1.28. The van der Waals surface area contributed by atoms with Gasteiger partial charge in [-0.15, -0.1) is 0 Å². The van der Waals surface area contributed by atoms with Gasteiger partial charge in [0.1, 0.15) is 0 Å². The molecule has 1 N–H and O–H groups in total. The van der Waals surface area contributed by atoms with Crippen molar-refractivity contribution in [3.05, 3.63) is 0 Å². The fraction of sp³-hybridized carbons (Fsp3) is 0.933. The number of rotatable bonds is 6. The predicted molar refractivity (Wildman–Crippen MR) is 81.6 cm³/mol. The van der Waals surface area contributed by atoms with Crippen molar-refractivity contribution in [1.82, 2.24) is 14.7 Å². The maximum Gasteiger partial charge on any atom is 0.311 e. The molecule has 2 aliphatic heterocycles. The first-order valence-corrected chi connectivity index (χ1v) is 7.92. The second-order valence-corrected chi connectivity index (χ2v) is 6.62. The van der Waals surface area contributed by atoms with Crippen LogP contribution in [0.5, 0.6) is 0 Å². The van der Waals surface area contributed by atoms with Crippen molar-refractivity contribution >= 4 is 5.97 Å². The molecule has 0 aromatic heterocycles. The van der Waals surface area contributed by atoms with E-state index in [0.717, 1.165) is 39.3 Å². The van der Waals surface area contributed by atoms with E-state index >= 15 is 0 Å². The third kappa shape index (κ3) is 4.64. The number of carbonyl (C=O) groups is 1. The second-order valence-electron chi connectivity index (χ2n) is 6.62. The molecule has 6 heteroatoms. The Morgan fingerprint density at radius 1 is 1.14 bits per heavy atom. The van der Waals surface area contributed by atoms with Crippen LogP contribution in [0.3, 0.4) is 0 Å². The zero-order chi connectivity index (χ0) is 15.3. The highest BCUT2D eigenvalue weighted by atomic mass is 16.5. The monoisotopic (exact) mass is 299 g/mol. The predicted octanol–water partition coefficient (Wildman–Crippen LogP) is 0.0470. The second kappa shape index (κ2) is 7.54. The van der Waals surface area contributed by atoms with E-state index in [4.69, 9.17) is 4.74 Å². The van der Waals surface area contributed by atoms with Gasteiger partial charge in [0, 0.05) is 59.0 Å². The number of hydrogen-bond acceptors (Lipinski definition) is 5. The molecule has 21 heavy (non-hydrogen) atoms. The van der Waals surface area contributed by atoms with Crippen LogP contribution < -0.4 is 0 Å². The summed E-state index contributed by atoms with van der Waals surface area (Å²) in [6.45, 7) is 8.04. The van der Waals surface area contributed by atoms with Gasteiger partial charge >= 0.3 is 5.97 Å². The van der Waals surface area contributed by atoms with E-state index in [0.29, 0.717) is 32.6 Å². The molecule has 0 bridgehead atoms. The fourth-order valence-electron chi connectivity index (χ4n) is 3.14. The quantitative estimate of drug-likeness (QED) is 0.748. The minimum Gasteiger partial charge on any atom is -0.481 e. The third-order valence-electron chi connectivity index (χ3n) is 4.76. The van der Waals surface area contributed by atoms with Crippen molar-refractivity contribution in [2.75, 3.05) is 73.1 Å². The molecule has 2 aliphatic rings. The van der Waals surface area contributed by atoms with Crippen molar-refractivity contribution in [3.63, 3.8) is 0 Å². The highest BCUT2D eigenvalue weighted by Crippen LogP contribution is 2.32. The summed E-state index contributed by atoms with van der Waals surface area (Å²) in [5, 5.41) is 9.62. The summed E-state index contributed by atoms with van der Waals surface area (Å²) in [7, 11) is 4.19. The summed E-state index contributed by atoms with van der Waals surface area (Å²) in [6, 6.07) is 0. The molecule has 2 heterocycles. The maximum atomic E-state index is 11.7. The average Bonchev–Trinajstić information content (AvgIpc) is 2.47. The maximum absolute atomic E-state index is 11.7. The summed E-state index contributed by atoms with van der Waals surface area (Å²) in [4.78, 5) is 18.7. The minimum absolute atomic E-state index is 0.578. The van der Waals surface area contributed by atoms with Gasteiger partial charge in [0.25, 0.3) is 0 Å². The minimum atomic E-state index is -0.652. The Kier molecular flexibility index (Phi) is 5.98. The van der Waals surface area contributed by atoms with E-state index in [1.165, 1.54) is 0 Å². The molecule has 0 radical (unpaired) electrons. The molecule has 2 fully saturated rings. The molecular formula is C15H29N3O3. The molecule has 0 unspecified atom stereocenters. The molecular weight excluding hydrogens is 270 g/mol. The van der Waals surface area contributed by atoms with E-state index in [-0.39, 0.29) is 0 Å². The molecule has 2 rings (SSSR count). The lowest BCUT2D eigenvalue weighted by Crippen LogP contribution is -2.53. The Labute approximate surface area is 127 Å². The molecule has 6 nitrogen and oxygen atoms in total. The Morgan fingerprint density at radius 2 is 1.71 bits per heavy atom. The summed E-state index contributed by atoms with van der Waals surface area (Å²) in [5.41, 5.74) is -0.593. The van der Waals surface area contributed by atoms with Crippen LogP contribution in [-0.2, 0) is 9.53 Å². The van der Waals surface area contributed by atoms with Crippen LogP contribution in [-0.4, -0.2) is 98.9 Å². The van der Waals surface area contributed by atoms with Gasteiger partial charge in [-0.3, -0.25) is 14.6 Å². The molecule has 122 valence electrons. The van der Waals surface area contributed by atoms with Gasteiger partial charge in [0.2, 0.25) is 0 Å². The van der Waals surface area contributed by atoms with Gasteiger partial charge in [-0.1, -0.05) is 0 Å². The van der Waals surface area contributed by atoms with Gasteiger partial charge in [-0.25, -0.2) is 0 Å². The van der Waals surface area contributed by atoms with E-state index < -0.39 is 11.4 Å². The van der Waals surface area contributed by atoms with Gasteiger partial charge in [0.15, 0.2) is 0 Å². The smallest absolute Gasteiger partial charge is 0.311 e. The van der Waals surface area contributed by atoms with Gasteiger partial charge in [-0.05, 0) is 26.9 Å². The van der Waals surface area contributed by atoms with E-state index in [1.807, 2.05) is 0 Å². The highest BCUT2D eigenvalue weighted by Gasteiger charge is 2.41. The molecule has 0 spiro atoms. The van der Waals surface area contributed by atoms with Crippen LogP contribution in [0.1, 0.15) is 12.8 Å². The summed E-state index contributed by atoms with van der Waals surface area (Å²) >= 11 is 0. The lowest BCUT2D eigenvalue weighted by Gasteiger charge is -2.41. The number of ether oxygens (including phenoxy) is 1. The topological polar surface area (TPSA) is 56.2 Å². The summed E-state index contributed by atoms with van der Waals surface area (Å²) in [5.74, 6) is -0.652. The van der Waals surface area contributed by atoms with Crippen molar-refractivity contribution in [1.29, 1.82) is 0 Å². The van der Waals surface area contributed by atoms with Crippen LogP contribution in [0.15, 0.2) is 0 Å². The van der Waals surface area contributed by atoms with Crippen molar-refractivity contribution in [3.8, 4) is 0 Å². The molecule has 0 amide bonds. The van der Waals surface area contributed by atoms with Crippen LogP contribution in [0.2, 0.25) is 0 Å². The highest BCUT2D eigenvalue weighted by molar-refractivity contribution is 5.75. The Bertz CT molecular complexity index is 335. The number of carboxylic acids is 1. The molecule has 0 aromatic rings. The van der Waals surface area contributed by atoms with Crippen molar-refractivity contribution in [2.45, 2.75) is 12.8 Å². The lowest BCUT2D eigenvalue weighted by atomic mass is 9.79. The van der Waals surface area contributed by atoms with E-state index in [9.17, 15) is 9.90 Å². The third-order valence-corrected chi connectivity index (χ3v) is 4.76. The molecule has 0 saturated carbocycles. The number of aliphatic carboxylic acids is 1. The zero-order valence-electron chi connectivity index (χ0n) is 13.4. The Balaban J connectivity index is 1.80. The van der Waals surface area contributed by atoms with Crippen LogP contribution in [0.25, 0.3) is 0 Å². The first kappa shape index (κ1) is 16.7. The standard InChI is InChI=1S/C15H29N3O3/c1-16(2)5-6-17-7-9-18(10-8-17)13-15(14(19)20)3-11-21-12-4-15/h3-13H2,1-2H3,(H,19,20). The number of carboxylic acid groups (broad SMARTS) is 1. The molecule has 2 saturated heterocycles. The average molecular weight is 299 g/mol. The molecule has 0 aliphatic carbocycles.